The number of aliphatic hydroxyl groups is 1. The van der Waals surface area contributed by atoms with Crippen LogP contribution in [0.5, 0.6) is 0 Å². The number of rotatable bonds is 5. The number of benzene rings is 2. The standard InChI is InChI=1S/C20H26O2SSi/c1-20(2,3)24(16-10-6-4-7-11-16,17-12-8-5-9-13-17)22-14-19-18(21)15-23-19/h4-13,18-19,21H,14-15H2,1-3H3/t18-,19-/m1/s1. The maximum absolute atomic E-state index is 9.96. The van der Waals surface area contributed by atoms with Gasteiger partial charge in [0, 0.05) is 12.4 Å². The van der Waals surface area contributed by atoms with Crippen molar-refractivity contribution in [3.05, 3.63) is 60.7 Å². The molecule has 1 N–H and O–H groups in total. The van der Waals surface area contributed by atoms with Crippen LogP contribution in [0.25, 0.3) is 0 Å². The number of thioether (sulfide) groups is 1. The monoisotopic (exact) mass is 358 g/mol. The maximum Gasteiger partial charge on any atom is 0.261 e. The molecule has 128 valence electrons. The second kappa shape index (κ2) is 7.04. The molecular formula is C20H26O2SSi. The normalized spacial score (nSPS) is 21.3. The molecule has 2 aromatic rings. The highest BCUT2D eigenvalue weighted by Crippen LogP contribution is 2.38. The Labute approximate surface area is 150 Å². The van der Waals surface area contributed by atoms with Crippen LogP contribution >= 0.6 is 11.8 Å². The van der Waals surface area contributed by atoms with Crippen molar-refractivity contribution in [2.45, 2.75) is 37.2 Å². The molecule has 0 radical (unpaired) electrons. The number of aliphatic hydroxyl groups excluding tert-OH is 1. The van der Waals surface area contributed by atoms with E-state index in [9.17, 15) is 5.11 Å². The summed E-state index contributed by atoms with van der Waals surface area (Å²) in [7, 11) is -2.45. The van der Waals surface area contributed by atoms with Gasteiger partial charge < -0.3 is 9.53 Å². The van der Waals surface area contributed by atoms with E-state index in [1.165, 1.54) is 10.4 Å². The Kier molecular flexibility index (Phi) is 5.21. The first-order chi connectivity index (χ1) is 11.4. The molecule has 24 heavy (non-hydrogen) atoms. The molecule has 0 unspecified atom stereocenters. The summed E-state index contributed by atoms with van der Waals surface area (Å²) in [6.45, 7) is 7.45. The number of hydrogen-bond acceptors (Lipinski definition) is 3. The lowest BCUT2D eigenvalue weighted by Crippen LogP contribution is -2.67. The molecule has 0 amide bonds. The molecule has 2 nitrogen and oxygen atoms in total. The molecule has 1 heterocycles. The summed E-state index contributed by atoms with van der Waals surface area (Å²) in [5.41, 5.74) is 0. The van der Waals surface area contributed by atoms with Gasteiger partial charge in [-0.05, 0) is 15.4 Å². The Hall–Kier alpha value is -1.07. The van der Waals surface area contributed by atoms with Crippen molar-refractivity contribution in [1.29, 1.82) is 0 Å². The minimum atomic E-state index is -2.45. The lowest BCUT2D eigenvalue weighted by atomic mass is 10.2. The molecule has 1 aliphatic heterocycles. The topological polar surface area (TPSA) is 29.5 Å². The Morgan fingerprint density at radius 1 is 1.00 bits per heavy atom. The molecule has 1 aliphatic rings. The Bertz CT molecular complexity index is 615. The summed E-state index contributed by atoms with van der Waals surface area (Å²) in [4.78, 5) is 0. The van der Waals surface area contributed by atoms with Gasteiger partial charge >= 0.3 is 0 Å². The van der Waals surface area contributed by atoms with E-state index in [4.69, 9.17) is 4.43 Å². The van der Waals surface area contributed by atoms with Gasteiger partial charge in [-0.1, -0.05) is 81.4 Å². The zero-order valence-electron chi connectivity index (χ0n) is 14.6. The molecule has 2 aromatic carbocycles. The zero-order valence-corrected chi connectivity index (χ0v) is 16.4. The van der Waals surface area contributed by atoms with Crippen LogP contribution in [0.1, 0.15) is 20.8 Å². The molecule has 0 bridgehead atoms. The molecule has 2 atom stereocenters. The van der Waals surface area contributed by atoms with Crippen molar-refractivity contribution in [2.24, 2.45) is 0 Å². The van der Waals surface area contributed by atoms with Crippen LogP contribution in [-0.4, -0.2) is 37.1 Å². The van der Waals surface area contributed by atoms with Crippen molar-refractivity contribution in [1.82, 2.24) is 0 Å². The first-order valence-electron chi connectivity index (χ1n) is 8.50. The first kappa shape index (κ1) is 17.7. The van der Waals surface area contributed by atoms with Gasteiger partial charge in [0.15, 0.2) is 0 Å². The summed E-state index contributed by atoms with van der Waals surface area (Å²) in [6, 6.07) is 21.3. The molecule has 1 saturated heterocycles. The van der Waals surface area contributed by atoms with Gasteiger partial charge in [0.1, 0.15) is 0 Å². The van der Waals surface area contributed by atoms with E-state index in [1.54, 1.807) is 11.8 Å². The molecule has 0 aliphatic carbocycles. The molecule has 0 saturated carbocycles. The molecule has 1 fully saturated rings. The largest absolute Gasteiger partial charge is 0.406 e. The van der Waals surface area contributed by atoms with Gasteiger partial charge in [-0.15, -0.1) is 0 Å². The van der Waals surface area contributed by atoms with Crippen LogP contribution in [0.3, 0.4) is 0 Å². The van der Waals surface area contributed by atoms with Crippen LogP contribution in [0.2, 0.25) is 5.04 Å². The highest BCUT2D eigenvalue weighted by atomic mass is 32.2. The average molecular weight is 359 g/mol. The van der Waals surface area contributed by atoms with Crippen molar-refractivity contribution in [2.75, 3.05) is 12.4 Å². The smallest absolute Gasteiger partial charge is 0.261 e. The fourth-order valence-corrected chi connectivity index (χ4v) is 8.95. The second-order valence-electron chi connectivity index (χ2n) is 7.41. The van der Waals surface area contributed by atoms with E-state index >= 15 is 0 Å². The maximum atomic E-state index is 9.96. The lowest BCUT2D eigenvalue weighted by Gasteiger charge is -2.45. The minimum Gasteiger partial charge on any atom is -0.406 e. The fourth-order valence-electron chi connectivity index (χ4n) is 3.45. The fraction of sp³-hybridized carbons (Fsp3) is 0.400. The summed E-state index contributed by atoms with van der Waals surface area (Å²) < 4.78 is 6.80. The Morgan fingerprint density at radius 2 is 1.50 bits per heavy atom. The number of hydrogen-bond donors (Lipinski definition) is 1. The van der Waals surface area contributed by atoms with Crippen molar-refractivity contribution < 1.29 is 9.53 Å². The van der Waals surface area contributed by atoms with Crippen LogP contribution < -0.4 is 10.4 Å². The molecule has 0 aromatic heterocycles. The van der Waals surface area contributed by atoms with Gasteiger partial charge in [0.05, 0.1) is 11.4 Å². The molecular weight excluding hydrogens is 332 g/mol. The van der Waals surface area contributed by atoms with E-state index < -0.39 is 8.32 Å². The third kappa shape index (κ3) is 3.20. The van der Waals surface area contributed by atoms with Crippen LogP contribution in [0.15, 0.2) is 60.7 Å². The van der Waals surface area contributed by atoms with Gasteiger partial charge in [-0.2, -0.15) is 11.8 Å². The average Bonchev–Trinajstić information content (AvgIpc) is 2.58. The van der Waals surface area contributed by atoms with E-state index in [0.717, 1.165) is 5.75 Å². The van der Waals surface area contributed by atoms with E-state index in [-0.39, 0.29) is 16.4 Å². The third-order valence-corrected chi connectivity index (χ3v) is 11.2. The van der Waals surface area contributed by atoms with Crippen molar-refractivity contribution in [3.8, 4) is 0 Å². The van der Waals surface area contributed by atoms with Crippen molar-refractivity contribution in [3.63, 3.8) is 0 Å². The highest BCUT2D eigenvalue weighted by molar-refractivity contribution is 8.01. The van der Waals surface area contributed by atoms with Gasteiger partial charge in [-0.3, -0.25) is 0 Å². The molecule has 3 rings (SSSR count). The van der Waals surface area contributed by atoms with Crippen LogP contribution in [0.4, 0.5) is 0 Å². The van der Waals surface area contributed by atoms with Crippen molar-refractivity contribution >= 4 is 30.5 Å². The third-order valence-electron chi connectivity index (χ3n) is 4.79. The Morgan fingerprint density at radius 3 is 1.83 bits per heavy atom. The van der Waals surface area contributed by atoms with Crippen LogP contribution in [-0.2, 0) is 4.43 Å². The lowest BCUT2D eigenvalue weighted by molar-refractivity contribution is 0.149. The zero-order chi connectivity index (χ0) is 17.2. The Balaban J connectivity index is 2.06. The predicted molar refractivity (Wildman–Crippen MR) is 106 cm³/mol. The van der Waals surface area contributed by atoms with Gasteiger partial charge in [-0.25, -0.2) is 0 Å². The summed E-state index contributed by atoms with van der Waals surface area (Å²) >= 11 is 1.80. The second-order valence-corrected chi connectivity index (χ2v) is 13.0. The quantitative estimate of drug-likeness (QED) is 0.833. The molecule has 4 heteroatoms. The van der Waals surface area contributed by atoms with Crippen LogP contribution in [0, 0.1) is 0 Å². The summed E-state index contributed by atoms with van der Waals surface area (Å²) in [5.74, 6) is 0.828. The minimum absolute atomic E-state index is 0.00489. The van der Waals surface area contributed by atoms with E-state index in [0.29, 0.717) is 6.61 Å². The van der Waals surface area contributed by atoms with Gasteiger partial charge in [0.2, 0.25) is 0 Å². The predicted octanol–water partition coefficient (Wildman–Crippen LogP) is 3.04. The SMILES string of the molecule is CC(C)(C)[Si](OC[C@H]1SC[C@H]1O)(c1ccccc1)c1ccccc1. The van der Waals surface area contributed by atoms with Gasteiger partial charge in [0.25, 0.3) is 8.32 Å². The summed E-state index contributed by atoms with van der Waals surface area (Å²) in [6.07, 6.45) is -0.229. The van der Waals surface area contributed by atoms with E-state index in [2.05, 4.69) is 81.4 Å². The van der Waals surface area contributed by atoms with E-state index in [1.807, 2.05) is 0 Å². The summed E-state index contributed by atoms with van der Waals surface area (Å²) in [5, 5.41) is 12.7. The first-order valence-corrected chi connectivity index (χ1v) is 11.5. The molecule has 0 spiro atoms. The highest BCUT2D eigenvalue weighted by Gasteiger charge is 2.50.